The van der Waals surface area contributed by atoms with Crippen LogP contribution in [0.5, 0.6) is 0 Å². The Morgan fingerprint density at radius 1 is 1.36 bits per heavy atom. The van der Waals surface area contributed by atoms with Gasteiger partial charge in [0.15, 0.2) is 0 Å². The standard InChI is InChI=1S/C5H10O4S2/c6-2-1-3-10-4-5-11(7,8)9/h2H,1,3-5H2,(H,7,8,9). The molecular weight excluding hydrogens is 188 g/mol. The Morgan fingerprint density at radius 3 is 2.45 bits per heavy atom. The number of rotatable bonds is 6. The summed E-state index contributed by atoms with van der Waals surface area (Å²) in [6.45, 7) is 0. The largest absolute Gasteiger partial charge is 0.303 e. The monoisotopic (exact) mass is 198 g/mol. The van der Waals surface area contributed by atoms with Gasteiger partial charge in [0, 0.05) is 12.2 Å². The minimum Gasteiger partial charge on any atom is -0.303 e. The van der Waals surface area contributed by atoms with Gasteiger partial charge in [0.05, 0.1) is 5.75 Å². The van der Waals surface area contributed by atoms with E-state index in [-0.39, 0.29) is 5.75 Å². The lowest BCUT2D eigenvalue weighted by Gasteiger charge is -1.95. The molecule has 0 aliphatic carbocycles. The minimum absolute atomic E-state index is 0.240. The molecule has 0 aromatic carbocycles. The number of aldehydes is 1. The van der Waals surface area contributed by atoms with Gasteiger partial charge in [-0.25, -0.2) is 0 Å². The quantitative estimate of drug-likeness (QED) is 0.375. The van der Waals surface area contributed by atoms with Crippen molar-refractivity contribution in [1.29, 1.82) is 0 Å². The molecule has 11 heavy (non-hydrogen) atoms. The van der Waals surface area contributed by atoms with Gasteiger partial charge < -0.3 is 4.79 Å². The van der Waals surface area contributed by atoms with E-state index in [1.165, 1.54) is 11.8 Å². The molecule has 1 N–H and O–H groups in total. The summed E-state index contributed by atoms with van der Waals surface area (Å²) < 4.78 is 28.5. The maximum atomic E-state index is 10.1. The van der Waals surface area contributed by atoms with E-state index >= 15 is 0 Å². The van der Waals surface area contributed by atoms with Crippen molar-refractivity contribution in [3.8, 4) is 0 Å². The lowest BCUT2D eigenvalue weighted by atomic mass is 10.6. The molecule has 4 nitrogen and oxygen atoms in total. The van der Waals surface area contributed by atoms with Crippen LogP contribution in [0.1, 0.15) is 6.42 Å². The smallest absolute Gasteiger partial charge is 0.265 e. The summed E-state index contributed by atoms with van der Waals surface area (Å²) in [6.07, 6.45) is 1.20. The molecule has 0 aliphatic rings. The normalized spacial score (nSPS) is 11.4. The Bertz CT molecular complexity index is 197. The zero-order valence-electron chi connectivity index (χ0n) is 5.89. The second-order valence-electron chi connectivity index (χ2n) is 1.85. The van der Waals surface area contributed by atoms with Crippen LogP contribution < -0.4 is 0 Å². The highest BCUT2D eigenvalue weighted by Crippen LogP contribution is 2.01. The summed E-state index contributed by atoms with van der Waals surface area (Å²) in [5, 5.41) is 0. The molecule has 0 heterocycles. The Balaban J connectivity index is 3.22. The van der Waals surface area contributed by atoms with Gasteiger partial charge in [0.1, 0.15) is 6.29 Å². The zero-order chi connectivity index (χ0) is 8.74. The molecule has 0 bridgehead atoms. The predicted octanol–water partition coefficient (Wildman–Crippen LogP) is 0.196. The predicted molar refractivity (Wildman–Crippen MR) is 44.4 cm³/mol. The fraction of sp³-hybridized carbons (Fsp3) is 0.800. The first-order chi connectivity index (χ1) is 5.06. The number of hydrogen-bond donors (Lipinski definition) is 1. The number of carbonyl (C=O) groups is 1. The van der Waals surface area contributed by atoms with Crippen LogP contribution in [0.2, 0.25) is 0 Å². The van der Waals surface area contributed by atoms with E-state index in [4.69, 9.17) is 4.55 Å². The SMILES string of the molecule is O=CCCSCCS(=O)(=O)O. The third-order valence-corrected chi connectivity index (χ3v) is 2.86. The highest BCUT2D eigenvalue weighted by molar-refractivity contribution is 8.00. The number of carbonyl (C=O) groups excluding carboxylic acids is 1. The van der Waals surface area contributed by atoms with Gasteiger partial charge in [0.2, 0.25) is 0 Å². The molecule has 6 heteroatoms. The average molecular weight is 198 g/mol. The molecule has 0 aromatic rings. The van der Waals surface area contributed by atoms with E-state index in [0.29, 0.717) is 17.9 Å². The summed E-state index contributed by atoms with van der Waals surface area (Å²) in [7, 11) is -3.82. The first-order valence-corrected chi connectivity index (χ1v) is 5.79. The Kier molecular flexibility index (Phi) is 5.53. The molecule has 66 valence electrons. The van der Waals surface area contributed by atoms with E-state index in [1.54, 1.807) is 0 Å². The Labute approximate surface area is 70.1 Å². The molecule has 0 rings (SSSR count). The van der Waals surface area contributed by atoms with E-state index < -0.39 is 10.1 Å². The molecule has 0 saturated heterocycles. The van der Waals surface area contributed by atoms with Crippen LogP contribution in [0, 0.1) is 0 Å². The summed E-state index contributed by atoms with van der Waals surface area (Å²) in [4.78, 5) is 9.78. The van der Waals surface area contributed by atoms with Crippen molar-refractivity contribution >= 4 is 28.2 Å². The van der Waals surface area contributed by atoms with E-state index in [2.05, 4.69) is 0 Å². The topological polar surface area (TPSA) is 71.4 Å². The minimum atomic E-state index is -3.82. The van der Waals surface area contributed by atoms with Crippen molar-refractivity contribution < 1.29 is 17.8 Å². The van der Waals surface area contributed by atoms with Crippen LogP contribution in [0.3, 0.4) is 0 Å². The molecular formula is C5H10O4S2. The fourth-order valence-corrected chi connectivity index (χ4v) is 2.18. The maximum absolute atomic E-state index is 10.1. The van der Waals surface area contributed by atoms with E-state index in [9.17, 15) is 13.2 Å². The van der Waals surface area contributed by atoms with Crippen molar-refractivity contribution in [3.05, 3.63) is 0 Å². The van der Waals surface area contributed by atoms with Crippen molar-refractivity contribution in [2.45, 2.75) is 6.42 Å². The fourth-order valence-electron chi connectivity index (χ4n) is 0.398. The van der Waals surface area contributed by atoms with Crippen molar-refractivity contribution in [3.63, 3.8) is 0 Å². The third kappa shape index (κ3) is 9.93. The molecule has 0 amide bonds. The highest BCUT2D eigenvalue weighted by Gasteiger charge is 2.02. The Hall–Kier alpha value is -0.0700. The van der Waals surface area contributed by atoms with Gasteiger partial charge in [-0.15, -0.1) is 0 Å². The third-order valence-electron chi connectivity index (χ3n) is 0.866. The van der Waals surface area contributed by atoms with Crippen LogP contribution in [0.4, 0.5) is 0 Å². The van der Waals surface area contributed by atoms with Crippen LogP contribution in [0.25, 0.3) is 0 Å². The molecule has 0 spiro atoms. The first-order valence-electron chi connectivity index (χ1n) is 3.03. The van der Waals surface area contributed by atoms with Gasteiger partial charge in [-0.05, 0) is 5.75 Å². The zero-order valence-corrected chi connectivity index (χ0v) is 7.53. The molecule has 0 unspecified atom stereocenters. The van der Waals surface area contributed by atoms with E-state index in [1.807, 2.05) is 0 Å². The number of hydrogen-bond acceptors (Lipinski definition) is 4. The van der Waals surface area contributed by atoms with Gasteiger partial charge in [-0.3, -0.25) is 4.55 Å². The molecule has 0 radical (unpaired) electrons. The highest BCUT2D eigenvalue weighted by atomic mass is 32.2. The van der Waals surface area contributed by atoms with Gasteiger partial charge >= 0.3 is 0 Å². The summed E-state index contributed by atoms with van der Waals surface area (Å²) >= 11 is 1.33. The number of thioether (sulfide) groups is 1. The molecule has 0 atom stereocenters. The molecule has 0 aromatic heterocycles. The first kappa shape index (κ1) is 10.9. The second-order valence-corrected chi connectivity index (χ2v) is 4.65. The van der Waals surface area contributed by atoms with Crippen LogP contribution >= 0.6 is 11.8 Å². The Morgan fingerprint density at radius 2 is 2.00 bits per heavy atom. The van der Waals surface area contributed by atoms with Crippen molar-refractivity contribution in [2.24, 2.45) is 0 Å². The molecule has 0 fully saturated rings. The maximum Gasteiger partial charge on any atom is 0.265 e. The van der Waals surface area contributed by atoms with Crippen LogP contribution in [-0.2, 0) is 14.9 Å². The van der Waals surface area contributed by atoms with Gasteiger partial charge in [-0.2, -0.15) is 20.2 Å². The summed E-state index contributed by atoms with van der Waals surface area (Å²) in [5.41, 5.74) is 0. The van der Waals surface area contributed by atoms with Gasteiger partial charge in [0.25, 0.3) is 10.1 Å². The lowest BCUT2D eigenvalue weighted by molar-refractivity contribution is -0.107. The molecule has 0 saturated carbocycles. The molecule has 0 aliphatic heterocycles. The van der Waals surface area contributed by atoms with Crippen LogP contribution in [-0.4, -0.2) is 36.5 Å². The second kappa shape index (κ2) is 5.56. The van der Waals surface area contributed by atoms with Gasteiger partial charge in [-0.1, -0.05) is 0 Å². The van der Waals surface area contributed by atoms with Crippen LogP contribution in [0.15, 0.2) is 0 Å². The average Bonchev–Trinajstić information content (AvgIpc) is 1.85. The lowest BCUT2D eigenvalue weighted by Crippen LogP contribution is -2.06. The summed E-state index contributed by atoms with van der Waals surface area (Å²) in [5.74, 6) is 0.711. The van der Waals surface area contributed by atoms with Crippen molar-refractivity contribution in [1.82, 2.24) is 0 Å². The summed E-state index contributed by atoms with van der Waals surface area (Å²) in [6, 6.07) is 0. The van der Waals surface area contributed by atoms with Crippen molar-refractivity contribution in [2.75, 3.05) is 17.3 Å². The van der Waals surface area contributed by atoms with E-state index in [0.717, 1.165) is 6.29 Å².